The smallest absolute Gasteiger partial charge is 0.130 e. The molecule has 2 heterocycles. The normalized spacial score (nSPS) is 13.9. The van der Waals surface area contributed by atoms with Crippen molar-refractivity contribution in [2.24, 2.45) is 0 Å². The Kier molecular flexibility index (Phi) is 9.94. The van der Waals surface area contributed by atoms with Gasteiger partial charge in [-0.1, -0.05) is 153 Å². The molecule has 0 bridgehead atoms. The molecule has 0 fully saturated rings. The molecule has 1 aromatic heterocycles. The lowest BCUT2D eigenvalue weighted by molar-refractivity contribution is 0.446. The number of benzene rings is 5. The molecule has 0 radical (unpaired) electrons. The van der Waals surface area contributed by atoms with Crippen LogP contribution in [0.5, 0.6) is 5.75 Å². The van der Waals surface area contributed by atoms with E-state index in [1.54, 1.807) is 12.2 Å². The summed E-state index contributed by atoms with van der Waals surface area (Å²) in [5.74, 6) is 1.89. The quantitative estimate of drug-likeness (QED) is 0.154. The molecule has 7 rings (SSSR count). The van der Waals surface area contributed by atoms with Crippen molar-refractivity contribution in [3.63, 3.8) is 0 Å². The fourth-order valence-electron chi connectivity index (χ4n) is 6.08. The maximum Gasteiger partial charge on any atom is 0.130 e. The standard InChI is InChI=1S/C42H33NO.C4H6/c1-3-30(23-25-36-27-35-19-11-14-22-42(35)44-36)34-24-26-40-38(28-34)37-20-12-13-21-39(37)43(40)41(33-17-9-6-10-18-33)29-31(4-2)32-15-7-5-8-16-32;1-3-4-2/h3-26,28-29H,1,27H2,2H3;3-4H,1-2H2/b30-23+,31-4+,36-25+,41-29-;. The van der Waals surface area contributed by atoms with Gasteiger partial charge in [0, 0.05) is 22.8 Å². The Morgan fingerprint density at radius 2 is 1.29 bits per heavy atom. The maximum atomic E-state index is 6.08. The third-order valence-electron chi connectivity index (χ3n) is 8.44. The number of ether oxygens (including phenoxy) is 1. The van der Waals surface area contributed by atoms with Gasteiger partial charge in [0.25, 0.3) is 0 Å². The first-order chi connectivity index (χ1) is 23.6. The summed E-state index contributed by atoms with van der Waals surface area (Å²) < 4.78 is 8.48. The van der Waals surface area contributed by atoms with Crippen molar-refractivity contribution in [2.75, 3.05) is 0 Å². The summed E-state index contributed by atoms with van der Waals surface area (Å²) in [7, 11) is 0. The number of nitrogens with zero attached hydrogens (tertiary/aromatic N) is 1. The monoisotopic (exact) mass is 621 g/mol. The van der Waals surface area contributed by atoms with Crippen molar-refractivity contribution < 1.29 is 4.74 Å². The molecule has 0 saturated carbocycles. The van der Waals surface area contributed by atoms with Gasteiger partial charge in [-0.25, -0.2) is 0 Å². The summed E-state index contributed by atoms with van der Waals surface area (Å²) >= 11 is 0. The molecule has 0 N–H and O–H groups in total. The van der Waals surface area contributed by atoms with Crippen LogP contribution in [0.25, 0.3) is 38.6 Å². The van der Waals surface area contributed by atoms with E-state index in [9.17, 15) is 0 Å². The van der Waals surface area contributed by atoms with Crippen LogP contribution in [0.3, 0.4) is 0 Å². The molecule has 0 spiro atoms. The van der Waals surface area contributed by atoms with Crippen molar-refractivity contribution >= 4 is 38.6 Å². The van der Waals surface area contributed by atoms with Gasteiger partial charge in [0.1, 0.15) is 11.5 Å². The van der Waals surface area contributed by atoms with Crippen LogP contribution in [-0.2, 0) is 6.42 Å². The van der Waals surface area contributed by atoms with Crippen LogP contribution in [0.4, 0.5) is 0 Å². The zero-order valence-electron chi connectivity index (χ0n) is 27.3. The summed E-state index contributed by atoms with van der Waals surface area (Å²) in [4.78, 5) is 0. The van der Waals surface area contributed by atoms with E-state index in [2.05, 4.69) is 171 Å². The molecule has 0 unspecified atom stereocenters. The second kappa shape index (κ2) is 15.0. The van der Waals surface area contributed by atoms with Crippen LogP contribution in [0.1, 0.15) is 29.2 Å². The minimum absolute atomic E-state index is 0.801. The van der Waals surface area contributed by atoms with E-state index >= 15 is 0 Å². The summed E-state index contributed by atoms with van der Waals surface area (Å²) in [6.07, 6.45) is 14.7. The molecule has 0 atom stereocenters. The van der Waals surface area contributed by atoms with Gasteiger partial charge in [0.15, 0.2) is 0 Å². The van der Waals surface area contributed by atoms with Crippen molar-refractivity contribution in [1.82, 2.24) is 4.57 Å². The molecule has 0 amide bonds. The Balaban J connectivity index is 0.000000952. The molecule has 1 aliphatic heterocycles. The van der Waals surface area contributed by atoms with Crippen molar-refractivity contribution in [1.29, 1.82) is 0 Å². The van der Waals surface area contributed by atoms with Gasteiger partial charge in [-0.05, 0) is 71.2 Å². The molecule has 1 aliphatic rings. The van der Waals surface area contributed by atoms with Gasteiger partial charge in [0.2, 0.25) is 0 Å². The molecular formula is C46H39NO. The zero-order chi connectivity index (χ0) is 33.3. The highest BCUT2D eigenvalue weighted by Gasteiger charge is 2.18. The number of aromatic nitrogens is 1. The number of fused-ring (bicyclic) bond motifs is 4. The molecule has 0 aliphatic carbocycles. The Labute approximate surface area is 284 Å². The third-order valence-corrected chi connectivity index (χ3v) is 8.44. The fraction of sp³-hybridized carbons (Fsp3) is 0.0435. The summed E-state index contributed by atoms with van der Waals surface area (Å²) in [5.41, 5.74) is 10.4. The number of allylic oxidation sites excluding steroid dienone is 10. The molecule has 5 aromatic carbocycles. The second-order valence-electron chi connectivity index (χ2n) is 11.4. The van der Waals surface area contributed by atoms with Gasteiger partial charge in [-0.2, -0.15) is 0 Å². The van der Waals surface area contributed by atoms with Crippen LogP contribution >= 0.6 is 0 Å². The molecule has 2 heteroatoms. The van der Waals surface area contributed by atoms with Gasteiger partial charge in [-0.15, -0.1) is 0 Å². The Morgan fingerprint density at radius 3 is 1.98 bits per heavy atom. The van der Waals surface area contributed by atoms with E-state index in [-0.39, 0.29) is 0 Å². The lowest BCUT2D eigenvalue weighted by atomic mass is 10.0. The Bertz CT molecular complexity index is 2190. The average molecular weight is 622 g/mol. The van der Waals surface area contributed by atoms with Gasteiger partial charge >= 0.3 is 0 Å². The summed E-state index contributed by atoms with van der Waals surface area (Å²) in [6.45, 7) is 13.0. The fourth-order valence-corrected chi connectivity index (χ4v) is 6.08. The third kappa shape index (κ3) is 6.70. The highest BCUT2D eigenvalue weighted by molar-refractivity contribution is 6.12. The number of rotatable bonds is 8. The van der Waals surface area contributed by atoms with E-state index in [1.807, 2.05) is 18.2 Å². The van der Waals surface area contributed by atoms with Crippen molar-refractivity contribution in [3.8, 4) is 5.75 Å². The topological polar surface area (TPSA) is 14.2 Å². The molecule has 6 aromatic rings. The first kappa shape index (κ1) is 31.8. The van der Waals surface area contributed by atoms with Crippen LogP contribution in [-0.4, -0.2) is 4.57 Å². The number of para-hydroxylation sites is 2. The van der Waals surface area contributed by atoms with E-state index < -0.39 is 0 Å². The predicted octanol–water partition coefficient (Wildman–Crippen LogP) is 12.2. The molecule has 2 nitrogen and oxygen atoms in total. The lowest BCUT2D eigenvalue weighted by Crippen LogP contribution is -2.00. The number of hydrogen-bond donors (Lipinski definition) is 0. The minimum Gasteiger partial charge on any atom is -0.461 e. The van der Waals surface area contributed by atoms with Crippen LogP contribution in [0, 0.1) is 0 Å². The van der Waals surface area contributed by atoms with Crippen LogP contribution in [0.15, 0.2) is 195 Å². The van der Waals surface area contributed by atoms with Crippen molar-refractivity contribution in [2.45, 2.75) is 13.3 Å². The van der Waals surface area contributed by atoms with Crippen LogP contribution in [0.2, 0.25) is 0 Å². The first-order valence-corrected chi connectivity index (χ1v) is 16.2. The second-order valence-corrected chi connectivity index (χ2v) is 11.4. The highest BCUT2D eigenvalue weighted by Crippen LogP contribution is 2.37. The Hall–Kier alpha value is -6.12. The molecule has 0 saturated heterocycles. The van der Waals surface area contributed by atoms with Gasteiger partial charge in [-0.3, -0.25) is 0 Å². The minimum atomic E-state index is 0.801. The molecule has 234 valence electrons. The molecule has 48 heavy (non-hydrogen) atoms. The summed E-state index contributed by atoms with van der Waals surface area (Å²) in [6, 6.07) is 44.9. The van der Waals surface area contributed by atoms with Crippen LogP contribution < -0.4 is 4.74 Å². The van der Waals surface area contributed by atoms with E-state index in [0.717, 1.165) is 45.8 Å². The SMILES string of the molecule is C=C/C(=C\C=C1/Cc2ccccc2O1)c1ccc2c(c1)c1ccccc1n2/C(=C\C(=C/C)c1ccccc1)c1ccccc1.C=CC=C. The largest absolute Gasteiger partial charge is 0.461 e. The first-order valence-electron chi connectivity index (χ1n) is 16.2. The van der Waals surface area contributed by atoms with Crippen molar-refractivity contribution in [3.05, 3.63) is 218 Å². The predicted molar refractivity (Wildman–Crippen MR) is 207 cm³/mol. The molecular weight excluding hydrogens is 583 g/mol. The zero-order valence-corrected chi connectivity index (χ0v) is 27.3. The average Bonchev–Trinajstić information content (AvgIpc) is 3.72. The maximum absolute atomic E-state index is 6.08. The van der Waals surface area contributed by atoms with E-state index in [0.29, 0.717) is 0 Å². The lowest BCUT2D eigenvalue weighted by Gasteiger charge is -2.15. The van der Waals surface area contributed by atoms with E-state index in [4.69, 9.17) is 4.74 Å². The van der Waals surface area contributed by atoms with Gasteiger partial charge in [0.05, 0.1) is 16.7 Å². The van der Waals surface area contributed by atoms with Gasteiger partial charge < -0.3 is 9.30 Å². The Morgan fingerprint density at radius 1 is 0.646 bits per heavy atom. The number of hydrogen-bond acceptors (Lipinski definition) is 1. The highest BCUT2D eigenvalue weighted by atomic mass is 16.5. The summed E-state index contributed by atoms with van der Waals surface area (Å²) in [5, 5.41) is 2.41. The van der Waals surface area contributed by atoms with E-state index in [1.165, 1.54) is 33.0 Å².